The largest absolute Gasteiger partial charge is 0.314 e. The Balaban J connectivity index is 2.22. The molecular weight excluding hydrogens is 210 g/mol. The number of aromatic nitrogens is 3. The lowest BCUT2D eigenvalue weighted by atomic mass is 9.88. The average molecular weight is 228 g/mol. The molecule has 2 rings (SSSR count). The van der Waals surface area contributed by atoms with E-state index in [2.05, 4.69) is 21.7 Å². The molecule has 0 N–H and O–H groups in total. The van der Waals surface area contributed by atoms with Gasteiger partial charge in [0.25, 0.3) is 0 Å². The zero-order valence-electron chi connectivity index (χ0n) is 9.25. The highest BCUT2D eigenvalue weighted by Crippen LogP contribution is 2.31. The number of rotatable bonds is 3. The lowest BCUT2D eigenvalue weighted by molar-refractivity contribution is 0.415. The van der Waals surface area contributed by atoms with Crippen molar-refractivity contribution in [2.45, 2.75) is 57.4 Å². The van der Waals surface area contributed by atoms with Gasteiger partial charge in [-0.2, -0.15) is 0 Å². The van der Waals surface area contributed by atoms with Crippen LogP contribution in [0, 0.1) is 0 Å². The van der Waals surface area contributed by atoms with E-state index in [1.165, 1.54) is 32.1 Å². The second-order valence-electron chi connectivity index (χ2n) is 4.19. The summed E-state index contributed by atoms with van der Waals surface area (Å²) >= 11 is 5.84. The summed E-state index contributed by atoms with van der Waals surface area (Å²) in [6, 6.07) is 0. The van der Waals surface area contributed by atoms with E-state index in [-0.39, 0.29) is 0 Å². The molecule has 0 radical (unpaired) electrons. The molecule has 0 bridgehead atoms. The topological polar surface area (TPSA) is 30.7 Å². The summed E-state index contributed by atoms with van der Waals surface area (Å²) in [6.07, 6.45) is 6.56. The summed E-state index contributed by atoms with van der Waals surface area (Å²) in [7, 11) is 0. The Morgan fingerprint density at radius 1 is 1.27 bits per heavy atom. The molecule has 1 aliphatic carbocycles. The van der Waals surface area contributed by atoms with Crippen LogP contribution in [-0.4, -0.2) is 14.8 Å². The quantitative estimate of drug-likeness (QED) is 0.743. The summed E-state index contributed by atoms with van der Waals surface area (Å²) < 4.78 is 2.18. The molecule has 84 valence electrons. The Hall–Kier alpha value is -0.570. The monoisotopic (exact) mass is 227 g/mol. The Morgan fingerprint density at radius 3 is 2.60 bits per heavy atom. The zero-order chi connectivity index (χ0) is 10.7. The van der Waals surface area contributed by atoms with Crippen LogP contribution in [0.3, 0.4) is 0 Å². The van der Waals surface area contributed by atoms with Gasteiger partial charge in [0.15, 0.2) is 0 Å². The third kappa shape index (κ3) is 2.17. The minimum Gasteiger partial charge on any atom is -0.314 e. The van der Waals surface area contributed by atoms with Gasteiger partial charge in [-0.15, -0.1) is 21.8 Å². The van der Waals surface area contributed by atoms with Gasteiger partial charge in [-0.05, 0) is 19.8 Å². The zero-order valence-corrected chi connectivity index (χ0v) is 10.0. The van der Waals surface area contributed by atoms with Crippen molar-refractivity contribution < 1.29 is 0 Å². The summed E-state index contributed by atoms with van der Waals surface area (Å²) in [6.45, 7) is 3.06. The number of halogens is 1. The van der Waals surface area contributed by atoms with E-state index in [1.54, 1.807) is 0 Å². The molecule has 0 spiro atoms. The van der Waals surface area contributed by atoms with Crippen molar-refractivity contribution in [2.75, 3.05) is 0 Å². The van der Waals surface area contributed by atoms with Gasteiger partial charge in [0.1, 0.15) is 11.6 Å². The minimum absolute atomic E-state index is 0.466. The third-order valence-corrected chi connectivity index (χ3v) is 3.50. The van der Waals surface area contributed by atoms with Crippen LogP contribution in [0.1, 0.15) is 56.6 Å². The van der Waals surface area contributed by atoms with E-state index in [0.717, 1.165) is 18.2 Å². The predicted octanol–water partition coefficient (Wildman–Crippen LogP) is 3.08. The first kappa shape index (κ1) is 10.9. The molecule has 0 aliphatic heterocycles. The molecule has 15 heavy (non-hydrogen) atoms. The Bertz CT molecular complexity index is 316. The van der Waals surface area contributed by atoms with Gasteiger partial charge < -0.3 is 4.57 Å². The predicted molar refractivity (Wildman–Crippen MR) is 61.1 cm³/mol. The molecule has 4 heteroatoms. The van der Waals surface area contributed by atoms with Gasteiger partial charge in [-0.25, -0.2) is 0 Å². The van der Waals surface area contributed by atoms with Crippen LogP contribution in [0.5, 0.6) is 0 Å². The van der Waals surface area contributed by atoms with Crippen molar-refractivity contribution in [3.63, 3.8) is 0 Å². The van der Waals surface area contributed by atoms with Gasteiger partial charge in [-0.1, -0.05) is 19.3 Å². The standard InChI is InChI=1S/C11H18ClN3/c1-2-15-10(8-12)13-14-11(15)9-6-4-3-5-7-9/h9H,2-8H2,1H3. The molecule has 1 saturated carbocycles. The Morgan fingerprint density at radius 2 is 2.00 bits per heavy atom. The molecule has 1 aromatic heterocycles. The average Bonchev–Trinajstić information content (AvgIpc) is 2.72. The fourth-order valence-electron chi connectivity index (χ4n) is 2.46. The molecular formula is C11H18ClN3. The molecule has 1 aromatic rings. The van der Waals surface area contributed by atoms with Crippen LogP contribution in [0.2, 0.25) is 0 Å². The lowest BCUT2D eigenvalue weighted by Crippen LogP contribution is -2.12. The van der Waals surface area contributed by atoms with Crippen molar-refractivity contribution in [2.24, 2.45) is 0 Å². The van der Waals surface area contributed by atoms with Crippen LogP contribution in [-0.2, 0) is 12.4 Å². The minimum atomic E-state index is 0.466. The molecule has 3 nitrogen and oxygen atoms in total. The van der Waals surface area contributed by atoms with E-state index in [0.29, 0.717) is 11.8 Å². The fraction of sp³-hybridized carbons (Fsp3) is 0.818. The Kier molecular flexibility index (Phi) is 3.62. The molecule has 0 saturated heterocycles. The summed E-state index contributed by atoms with van der Waals surface area (Å²) in [5, 5.41) is 8.47. The summed E-state index contributed by atoms with van der Waals surface area (Å²) in [5.41, 5.74) is 0. The summed E-state index contributed by atoms with van der Waals surface area (Å²) in [4.78, 5) is 0. The van der Waals surface area contributed by atoms with Crippen molar-refractivity contribution in [3.05, 3.63) is 11.6 Å². The van der Waals surface area contributed by atoms with Gasteiger partial charge >= 0.3 is 0 Å². The van der Waals surface area contributed by atoms with Crippen molar-refractivity contribution >= 4 is 11.6 Å². The first-order valence-electron chi connectivity index (χ1n) is 5.84. The van der Waals surface area contributed by atoms with Gasteiger partial charge in [-0.3, -0.25) is 0 Å². The molecule has 0 atom stereocenters. The highest BCUT2D eigenvalue weighted by Gasteiger charge is 2.22. The first-order chi connectivity index (χ1) is 7.36. The van der Waals surface area contributed by atoms with Gasteiger partial charge in [0.05, 0.1) is 5.88 Å². The van der Waals surface area contributed by atoms with Crippen molar-refractivity contribution in [1.29, 1.82) is 0 Å². The summed E-state index contributed by atoms with van der Waals surface area (Å²) in [5.74, 6) is 3.16. The van der Waals surface area contributed by atoms with Gasteiger partial charge in [0.2, 0.25) is 0 Å². The molecule has 0 aromatic carbocycles. The number of hydrogen-bond acceptors (Lipinski definition) is 2. The highest BCUT2D eigenvalue weighted by molar-refractivity contribution is 6.16. The fourth-order valence-corrected chi connectivity index (χ4v) is 2.65. The normalized spacial score (nSPS) is 18.3. The first-order valence-corrected chi connectivity index (χ1v) is 6.38. The molecule has 1 fully saturated rings. The maximum atomic E-state index is 5.84. The molecule has 0 amide bonds. The van der Waals surface area contributed by atoms with Crippen LogP contribution in [0.4, 0.5) is 0 Å². The van der Waals surface area contributed by atoms with Crippen molar-refractivity contribution in [3.8, 4) is 0 Å². The van der Waals surface area contributed by atoms with Crippen LogP contribution >= 0.6 is 11.6 Å². The lowest BCUT2D eigenvalue weighted by Gasteiger charge is -2.21. The number of hydrogen-bond donors (Lipinski definition) is 0. The molecule has 0 unspecified atom stereocenters. The van der Waals surface area contributed by atoms with E-state index < -0.39 is 0 Å². The van der Waals surface area contributed by atoms with Gasteiger partial charge in [0, 0.05) is 12.5 Å². The second kappa shape index (κ2) is 4.97. The maximum absolute atomic E-state index is 5.84. The Labute approximate surface area is 95.8 Å². The highest BCUT2D eigenvalue weighted by atomic mass is 35.5. The van der Waals surface area contributed by atoms with Crippen LogP contribution in [0.15, 0.2) is 0 Å². The smallest absolute Gasteiger partial charge is 0.147 e. The number of nitrogens with zero attached hydrogens (tertiary/aromatic N) is 3. The van der Waals surface area contributed by atoms with E-state index in [1.807, 2.05) is 0 Å². The number of alkyl halides is 1. The SMILES string of the molecule is CCn1c(CCl)nnc1C1CCCCC1. The molecule has 1 aliphatic rings. The van der Waals surface area contributed by atoms with E-state index >= 15 is 0 Å². The van der Waals surface area contributed by atoms with Crippen molar-refractivity contribution in [1.82, 2.24) is 14.8 Å². The second-order valence-corrected chi connectivity index (χ2v) is 4.45. The van der Waals surface area contributed by atoms with E-state index in [4.69, 9.17) is 11.6 Å². The van der Waals surface area contributed by atoms with Crippen LogP contribution < -0.4 is 0 Å². The van der Waals surface area contributed by atoms with Crippen LogP contribution in [0.25, 0.3) is 0 Å². The van der Waals surface area contributed by atoms with E-state index in [9.17, 15) is 0 Å². The maximum Gasteiger partial charge on any atom is 0.147 e. The third-order valence-electron chi connectivity index (χ3n) is 3.26. The molecule has 1 heterocycles.